The van der Waals surface area contributed by atoms with Crippen LogP contribution < -0.4 is 31.5 Å². The predicted octanol–water partition coefficient (Wildman–Crippen LogP) is -1.54. The van der Waals surface area contributed by atoms with Gasteiger partial charge in [-0.25, -0.2) is 14.3 Å². The van der Waals surface area contributed by atoms with Gasteiger partial charge in [0.15, 0.2) is 0 Å². The van der Waals surface area contributed by atoms with E-state index < -0.39 is 91.6 Å². The minimum atomic E-state index is -4.87. The summed E-state index contributed by atoms with van der Waals surface area (Å²) in [6.07, 6.45) is 2.04. The number of nitrogens with one attached hydrogen (secondary N) is 5. The second-order valence-electron chi connectivity index (χ2n) is 13.3. The van der Waals surface area contributed by atoms with E-state index in [0.717, 1.165) is 0 Å². The van der Waals surface area contributed by atoms with Crippen molar-refractivity contribution in [2.45, 2.75) is 102 Å². The molecule has 298 valence electrons. The topological polar surface area (TPSA) is 316 Å². The van der Waals surface area contributed by atoms with E-state index in [1.807, 2.05) is 0 Å². The number of hydrogen-bond acceptors (Lipinski definition) is 11. The lowest BCUT2D eigenvalue weighted by Crippen LogP contribution is -2.62. The Labute approximate surface area is 311 Å². The normalized spacial score (nSPS) is 17.7. The van der Waals surface area contributed by atoms with E-state index in [4.69, 9.17) is 15.5 Å². The Balaban J connectivity index is 1.83. The molecule has 21 heteroatoms. The number of likely N-dealkylation sites (tertiary alicyclic amines) is 1. The Bertz CT molecular complexity index is 1670. The zero-order valence-corrected chi connectivity index (χ0v) is 31.2. The fourth-order valence-electron chi connectivity index (χ4n) is 5.80. The molecule has 2 aromatic rings. The fraction of sp³-hybridized carbons (Fsp3) is 0.545. The number of hydrogen-bond donors (Lipinski definition) is 10. The van der Waals surface area contributed by atoms with Crippen LogP contribution in [0.1, 0.15) is 58.2 Å². The third-order valence-electron chi connectivity index (χ3n) is 8.71. The van der Waals surface area contributed by atoms with Crippen molar-refractivity contribution >= 4 is 43.3 Å². The van der Waals surface area contributed by atoms with E-state index in [2.05, 4.69) is 35.8 Å². The predicted molar refractivity (Wildman–Crippen MR) is 190 cm³/mol. The number of carbonyl (C=O) groups excluding carboxylic acids is 5. The summed E-state index contributed by atoms with van der Waals surface area (Å²) in [6.45, 7) is 6.30. The number of carboxylic acids is 1. The number of phosphoric ester groups is 1. The van der Waals surface area contributed by atoms with Crippen LogP contribution in [-0.2, 0) is 46.2 Å². The minimum Gasteiger partial charge on any atom is -0.480 e. The Morgan fingerprint density at radius 2 is 1.56 bits per heavy atom. The number of aromatic nitrogens is 2. The first-order valence-electron chi connectivity index (χ1n) is 17.3. The first-order valence-corrected chi connectivity index (χ1v) is 18.8. The highest BCUT2D eigenvalue weighted by Crippen LogP contribution is 2.37. The van der Waals surface area contributed by atoms with Crippen molar-refractivity contribution in [2.75, 3.05) is 6.54 Å². The van der Waals surface area contributed by atoms with Crippen LogP contribution in [-0.4, -0.2) is 119 Å². The molecule has 0 bridgehead atoms. The molecule has 3 rings (SSSR count). The molecule has 0 spiro atoms. The number of nitrogens with two attached hydrogens (primary N) is 1. The SMILES string of the molecule is CC[C@H](NC(=O)[C@@H](NC(=O)[C@H](Cc1ccc(OP(=O)(O)O)cc1)NC(=O)[C@@H](NC(=O)[C@@H](N)Cc1cnc[nH]1)C(C)C)[C@@H](C)O)C(=O)N1CCC[C@H]1C(=O)O. The van der Waals surface area contributed by atoms with E-state index in [-0.39, 0.29) is 38.0 Å². The number of phosphoric acid groups is 1. The van der Waals surface area contributed by atoms with Gasteiger partial charge in [0.05, 0.1) is 18.5 Å². The van der Waals surface area contributed by atoms with Gasteiger partial charge in [0.2, 0.25) is 29.5 Å². The largest absolute Gasteiger partial charge is 0.524 e. The lowest BCUT2D eigenvalue weighted by molar-refractivity contribution is -0.149. The number of carboxylic acid groups (broad SMARTS) is 1. The van der Waals surface area contributed by atoms with E-state index in [9.17, 15) is 43.5 Å². The summed E-state index contributed by atoms with van der Waals surface area (Å²) in [6, 6.07) is -2.35. The van der Waals surface area contributed by atoms with Crippen LogP contribution in [0.15, 0.2) is 36.8 Å². The molecule has 54 heavy (non-hydrogen) atoms. The molecule has 7 atom stereocenters. The Kier molecular flexibility index (Phi) is 15.7. The van der Waals surface area contributed by atoms with E-state index in [1.54, 1.807) is 20.8 Å². The quantitative estimate of drug-likeness (QED) is 0.0723. The molecule has 0 saturated carbocycles. The number of imidazole rings is 1. The highest BCUT2D eigenvalue weighted by atomic mass is 31.2. The van der Waals surface area contributed by atoms with Gasteiger partial charge >= 0.3 is 13.8 Å². The third-order valence-corrected chi connectivity index (χ3v) is 9.15. The van der Waals surface area contributed by atoms with Gasteiger partial charge < -0.3 is 51.6 Å². The number of rotatable bonds is 19. The van der Waals surface area contributed by atoms with Gasteiger partial charge in [-0.3, -0.25) is 33.8 Å². The van der Waals surface area contributed by atoms with Crippen LogP contribution >= 0.6 is 7.82 Å². The number of benzene rings is 1. The Hall–Kier alpha value is -4.88. The van der Waals surface area contributed by atoms with Gasteiger partial charge in [0, 0.05) is 31.3 Å². The molecule has 1 fully saturated rings. The smallest absolute Gasteiger partial charge is 0.480 e. The minimum absolute atomic E-state index is 0.0716. The number of aromatic amines is 1. The van der Waals surface area contributed by atoms with Gasteiger partial charge in [-0.2, -0.15) is 0 Å². The summed E-state index contributed by atoms with van der Waals surface area (Å²) in [5, 5.41) is 30.2. The molecule has 0 aliphatic carbocycles. The molecule has 2 heterocycles. The molecule has 5 amide bonds. The average Bonchev–Trinajstić information content (AvgIpc) is 3.80. The highest BCUT2D eigenvalue weighted by Gasteiger charge is 2.39. The number of aliphatic hydroxyl groups excluding tert-OH is 1. The number of amides is 5. The molecule has 1 saturated heterocycles. The van der Waals surface area contributed by atoms with Crippen molar-refractivity contribution in [1.29, 1.82) is 0 Å². The molecule has 11 N–H and O–H groups in total. The van der Waals surface area contributed by atoms with Crippen LogP contribution in [0.5, 0.6) is 5.75 Å². The maximum absolute atomic E-state index is 13.9. The van der Waals surface area contributed by atoms with Crippen molar-refractivity contribution in [3.8, 4) is 5.75 Å². The van der Waals surface area contributed by atoms with Crippen molar-refractivity contribution in [1.82, 2.24) is 36.1 Å². The molecule has 0 unspecified atom stereocenters. The molecule has 1 aliphatic rings. The van der Waals surface area contributed by atoms with Gasteiger partial charge in [-0.15, -0.1) is 0 Å². The number of H-pyrrole nitrogens is 1. The number of aliphatic hydroxyl groups is 1. The standard InChI is InChI=1S/C33H49N8O12P/c1-5-23(32(47)41-12-6-7-25(41)33(48)49)37-31(46)27(18(4)42)40-29(44)24(13-19-8-10-21(11-9-19)53-54(50,51)52)38-30(45)26(17(2)3)39-28(43)22(34)14-20-15-35-16-36-20/h8-11,15-18,22-27,42H,5-7,12-14,34H2,1-4H3,(H,35,36)(H,37,46)(H,38,45)(H,39,43)(H,40,44)(H,48,49)(H2,50,51,52)/t18-,22+,23+,24+,25+,26+,27+/m1/s1. The summed E-state index contributed by atoms with van der Waals surface area (Å²) in [5.41, 5.74) is 7.02. The highest BCUT2D eigenvalue weighted by molar-refractivity contribution is 7.46. The molecular weight excluding hydrogens is 731 g/mol. The van der Waals surface area contributed by atoms with Crippen LogP contribution in [0.3, 0.4) is 0 Å². The van der Waals surface area contributed by atoms with Crippen LogP contribution in [0.25, 0.3) is 0 Å². The van der Waals surface area contributed by atoms with Crippen LogP contribution in [0, 0.1) is 5.92 Å². The van der Waals surface area contributed by atoms with Crippen molar-refractivity contribution in [3.05, 3.63) is 48.0 Å². The summed E-state index contributed by atoms with van der Waals surface area (Å²) in [5.74, 6) is -5.84. The average molecular weight is 781 g/mol. The van der Waals surface area contributed by atoms with E-state index >= 15 is 0 Å². The second kappa shape index (κ2) is 19.4. The van der Waals surface area contributed by atoms with E-state index in [1.165, 1.54) is 48.6 Å². The maximum Gasteiger partial charge on any atom is 0.524 e. The van der Waals surface area contributed by atoms with Gasteiger partial charge in [-0.05, 0) is 49.8 Å². The zero-order chi connectivity index (χ0) is 40.3. The number of nitrogens with zero attached hydrogens (tertiary/aromatic N) is 2. The van der Waals surface area contributed by atoms with Crippen LogP contribution in [0.4, 0.5) is 0 Å². The van der Waals surface area contributed by atoms with Crippen molar-refractivity contribution < 1.29 is 57.9 Å². The molecular formula is C33H49N8O12P. The second-order valence-corrected chi connectivity index (χ2v) is 14.5. The number of carbonyl (C=O) groups is 6. The third kappa shape index (κ3) is 12.6. The fourth-order valence-corrected chi connectivity index (χ4v) is 6.19. The summed E-state index contributed by atoms with van der Waals surface area (Å²) >= 11 is 0. The molecule has 20 nitrogen and oxygen atoms in total. The van der Waals surface area contributed by atoms with Gasteiger partial charge in [-0.1, -0.05) is 32.9 Å². The Morgan fingerprint density at radius 3 is 2.09 bits per heavy atom. The summed E-state index contributed by atoms with van der Waals surface area (Å²) in [4.78, 5) is 105. The molecule has 1 aliphatic heterocycles. The summed E-state index contributed by atoms with van der Waals surface area (Å²) in [7, 11) is -4.87. The van der Waals surface area contributed by atoms with E-state index in [0.29, 0.717) is 17.7 Å². The monoisotopic (exact) mass is 780 g/mol. The Morgan fingerprint density at radius 1 is 0.944 bits per heavy atom. The van der Waals surface area contributed by atoms with Crippen molar-refractivity contribution in [3.63, 3.8) is 0 Å². The van der Waals surface area contributed by atoms with Gasteiger partial charge in [0.25, 0.3) is 0 Å². The number of aliphatic carboxylic acids is 1. The first-order chi connectivity index (χ1) is 25.3. The zero-order valence-electron chi connectivity index (χ0n) is 30.3. The lowest BCUT2D eigenvalue weighted by Gasteiger charge is -2.30. The van der Waals surface area contributed by atoms with Crippen LogP contribution in [0.2, 0.25) is 0 Å². The van der Waals surface area contributed by atoms with Gasteiger partial charge in [0.1, 0.15) is 36.0 Å². The van der Waals surface area contributed by atoms with Crippen molar-refractivity contribution in [2.24, 2.45) is 11.7 Å². The first kappa shape index (κ1) is 43.5. The maximum atomic E-state index is 13.9. The molecule has 1 aromatic heterocycles. The molecule has 0 radical (unpaired) electrons. The lowest BCUT2D eigenvalue weighted by atomic mass is 9.99. The summed E-state index contributed by atoms with van der Waals surface area (Å²) < 4.78 is 15.8. The molecule has 1 aromatic carbocycles.